The van der Waals surface area contributed by atoms with Crippen molar-refractivity contribution in [3.05, 3.63) is 29.6 Å². The Bertz CT molecular complexity index is 542. The second-order valence-electron chi connectivity index (χ2n) is 5.48. The van der Waals surface area contributed by atoms with E-state index >= 15 is 0 Å². The van der Waals surface area contributed by atoms with E-state index in [1.165, 1.54) is 25.2 Å². The van der Waals surface area contributed by atoms with Crippen molar-refractivity contribution in [2.45, 2.75) is 39.3 Å². The monoisotopic (exact) mass is 296 g/mol. The minimum absolute atomic E-state index is 0.0504. The molecule has 0 bridgehead atoms. The van der Waals surface area contributed by atoms with Crippen LogP contribution in [0.1, 0.15) is 38.1 Å². The standard InChI is InChI=1S/C15H21FN2O3/c1-9(2)21-14(20)15(3,4)18-10-6-7-11(12(16)8-10)13(19)17-5/h6-9,18H,1-5H3,(H,17,19). The Kier molecular flexibility index (Phi) is 5.29. The smallest absolute Gasteiger partial charge is 0.331 e. The van der Waals surface area contributed by atoms with Gasteiger partial charge in [-0.3, -0.25) is 4.79 Å². The molecule has 2 N–H and O–H groups in total. The summed E-state index contributed by atoms with van der Waals surface area (Å²) in [6.07, 6.45) is -0.231. The number of hydrogen-bond donors (Lipinski definition) is 2. The summed E-state index contributed by atoms with van der Waals surface area (Å²) in [6.45, 7) is 6.79. The van der Waals surface area contributed by atoms with Crippen molar-refractivity contribution < 1.29 is 18.7 Å². The molecule has 5 nitrogen and oxygen atoms in total. The number of carbonyl (C=O) groups excluding carboxylic acids is 2. The van der Waals surface area contributed by atoms with Gasteiger partial charge in [-0.2, -0.15) is 0 Å². The molecule has 1 rings (SSSR count). The molecule has 1 amide bonds. The summed E-state index contributed by atoms with van der Waals surface area (Å²) in [4.78, 5) is 23.4. The van der Waals surface area contributed by atoms with E-state index in [4.69, 9.17) is 4.74 Å². The first-order valence-electron chi connectivity index (χ1n) is 6.68. The lowest BCUT2D eigenvalue weighted by Crippen LogP contribution is -2.42. The summed E-state index contributed by atoms with van der Waals surface area (Å²) >= 11 is 0. The molecule has 0 aliphatic heterocycles. The summed E-state index contributed by atoms with van der Waals surface area (Å²) in [5, 5.41) is 5.26. The number of rotatable bonds is 5. The SMILES string of the molecule is CNC(=O)c1ccc(NC(C)(C)C(=O)OC(C)C)cc1F. The van der Waals surface area contributed by atoms with Gasteiger partial charge in [0.05, 0.1) is 11.7 Å². The predicted octanol–water partition coefficient (Wildman–Crippen LogP) is 2.33. The largest absolute Gasteiger partial charge is 0.461 e. The molecule has 0 saturated heterocycles. The Morgan fingerprint density at radius 3 is 2.38 bits per heavy atom. The van der Waals surface area contributed by atoms with Gasteiger partial charge in [0.15, 0.2) is 0 Å². The fraction of sp³-hybridized carbons (Fsp3) is 0.467. The molecule has 6 heteroatoms. The van der Waals surface area contributed by atoms with Gasteiger partial charge in [-0.05, 0) is 45.9 Å². The van der Waals surface area contributed by atoms with E-state index in [0.29, 0.717) is 5.69 Å². The van der Waals surface area contributed by atoms with Crippen LogP contribution in [0, 0.1) is 5.82 Å². The van der Waals surface area contributed by atoms with E-state index in [1.807, 2.05) is 0 Å². The number of carbonyl (C=O) groups is 2. The Hall–Kier alpha value is -2.11. The Balaban J connectivity index is 2.90. The van der Waals surface area contributed by atoms with Gasteiger partial charge >= 0.3 is 5.97 Å². The summed E-state index contributed by atoms with van der Waals surface area (Å²) in [6, 6.07) is 4.08. The molecule has 0 aliphatic carbocycles. The van der Waals surface area contributed by atoms with Crippen molar-refractivity contribution in [1.82, 2.24) is 5.32 Å². The molecule has 0 spiro atoms. The maximum Gasteiger partial charge on any atom is 0.331 e. The third kappa shape index (κ3) is 4.44. The molecule has 0 radical (unpaired) electrons. The van der Waals surface area contributed by atoms with Crippen molar-refractivity contribution in [2.24, 2.45) is 0 Å². The molecule has 0 atom stereocenters. The number of hydrogen-bond acceptors (Lipinski definition) is 4. The molecule has 116 valence electrons. The third-order valence-corrected chi connectivity index (χ3v) is 2.75. The van der Waals surface area contributed by atoms with Gasteiger partial charge in [-0.15, -0.1) is 0 Å². The lowest BCUT2D eigenvalue weighted by atomic mass is 10.0. The number of anilines is 1. The zero-order chi connectivity index (χ0) is 16.2. The highest BCUT2D eigenvalue weighted by Crippen LogP contribution is 2.20. The highest BCUT2D eigenvalue weighted by molar-refractivity contribution is 5.94. The highest BCUT2D eigenvalue weighted by atomic mass is 19.1. The number of halogens is 1. The van der Waals surface area contributed by atoms with Crippen LogP contribution in [-0.2, 0) is 9.53 Å². The maximum absolute atomic E-state index is 13.9. The predicted molar refractivity (Wildman–Crippen MR) is 78.7 cm³/mol. The van der Waals surface area contributed by atoms with Gasteiger partial charge in [-0.25, -0.2) is 9.18 Å². The van der Waals surface area contributed by atoms with Crippen LogP contribution in [0.5, 0.6) is 0 Å². The van der Waals surface area contributed by atoms with Crippen molar-refractivity contribution in [2.75, 3.05) is 12.4 Å². The lowest BCUT2D eigenvalue weighted by molar-refractivity contribution is -0.151. The van der Waals surface area contributed by atoms with Crippen molar-refractivity contribution >= 4 is 17.6 Å². The first-order chi connectivity index (χ1) is 9.67. The van der Waals surface area contributed by atoms with Crippen LogP contribution in [0.2, 0.25) is 0 Å². The Morgan fingerprint density at radius 2 is 1.90 bits per heavy atom. The average Bonchev–Trinajstić information content (AvgIpc) is 2.36. The fourth-order valence-corrected chi connectivity index (χ4v) is 1.68. The summed E-state index contributed by atoms with van der Waals surface area (Å²) in [5.74, 6) is -1.60. The van der Waals surface area contributed by atoms with E-state index < -0.39 is 23.2 Å². The van der Waals surface area contributed by atoms with Crippen molar-refractivity contribution in [1.29, 1.82) is 0 Å². The molecule has 0 saturated carbocycles. The minimum atomic E-state index is -1.01. The number of amides is 1. The molecule has 0 aliphatic rings. The average molecular weight is 296 g/mol. The molecule has 1 aromatic carbocycles. The maximum atomic E-state index is 13.9. The zero-order valence-electron chi connectivity index (χ0n) is 12.9. The number of benzene rings is 1. The van der Waals surface area contributed by atoms with Gasteiger partial charge in [-0.1, -0.05) is 0 Å². The van der Waals surface area contributed by atoms with Gasteiger partial charge in [0.1, 0.15) is 11.4 Å². The van der Waals surface area contributed by atoms with Gasteiger partial charge in [0.2, 0.25) is 0 Å². The van der Waals surface area contributed by atoms with E-state index in [-0.39, 0.29) is 11.7 Å². The quantitative estimate of drug-likeness (QED) is 0.818. The summed E-state index contributed by atoms with van der Waals surface area (Å²) < 4.78 is 19.0. The molecular formula is C15H21FN2O3. The minimum Gasteiger partial charge on any atom is -0.461 e. The molecule has 0 unspecified atom stereocenters. The number of esters is 1. The van der Waals surface area contributed by atoms with Gasteiger partial charge in [0, 0.05) is 12.7 Å². The van der Waals surface area contributed by atoms with E-state index in [9.17, 15) is 14.0 Å². The fourth-order valence-electron chi connectivity index (χ4n) is 1.68. The molecule has 0 fully saturated rings. The Morgan fingerprint density at radius 1 is 1.29 bits per heavy atom. The van der Waals surface area contributed by atoms with E-state index in [1.54, 1.807) is 27.7 Å². The normalized spacial score (nSPS) is 11.2. The van der Waals surface area contributed by atoms with Crippen LogP contribution < -0.4 is 10.6 Å². The first-order valence-corrected chi connectivity index (χ1v) is 6.68. The molecule has 0 aromatic heterocycles. The third-order valence-electron chi connectivity index (χ3n) is 2.75. The summed E-state index contributed by atoms with van der Waals surface area (Å²) in [5.41, 5.74) is -0.665. The lowest BCUT2D eigenvalue weighted by Gasteiger charge is -2.26. The van der Waals surface area contributed by atoms with Crippen LogP contribution in [0.3, 0.4) is 0 Å². The first kappa shape index (κ1) is 16.9. The molecular weight excluding hydrogens is 275 g/mol. The Labute approximate surface area is 123 Å². The van der Waals surface area contributed by atoms with Crippen LogP contribution in [0.4, 0.5) is 10.1 Å². The number of ether oxygens (including phenoxy) is 1. The van der Waals surface area contributed by atoms with E-state index in [2.05, 4.69) is 10.6 Å². The number of nitrogens with one attached hydrogen (secondary N) is 2. The highest BCUT2D eigenvalue weighted by Gasteiger charge is 2.30. The van der Waals surface area contributed by atoms with Crippen molar-refractivity contribution in [3.63, 3.8) is 0 Å². The van der Waals surface area contributed by atoms with Crippen LogP contribution in [0.25, 0.3) is 0 Å². The van der Waals surface area contributed by atoms with Gasteiger partial charge in [0.25, 0.3) is 5.91 Å². The van der Waals surface area contributed by atoms with Crippen LogP contribution >= 0.6 is 0 Å². The van der Waals surface area contributed by atoms with Gasteiger partial charge < -0.3 is 15.4 Å². The second-order valence-corrected chi connectivity index (χ2v) is 5.48. The van der Waals surface area contributed by atoms with E-state index in [0.717, 1.165) is 0 Å². The summed E-state index contributed by atoms with van der Waals surface area (Å²) in [7, 11) is 1.43. The molecule has 0 heterocycles. The molecule has 21 heavy (non-hydrogen) atoms. The van der Waals surface area contributed by atoms with Crippen LogP contribution in [0.15, 0.2) is 18.2 Å². The van der Waals surface area contributed by atoms with Crippen LogP contribution in [-0.4, -0.2) is 30.6 Å². The topological polar surface area (TPSA) is 67.4 Å². The zero-order valence-corrected chi connectivity index (χ0v) is 12.9. The molecule has 1 aromatic rings. The van der Waals surface area contributed by atoms with Crippen molar-refractivity contribution in [3.8, 4) is 0 Å². The second kappa shape index (κ2) is 6.56.